The number of imidazole rings is 1. The molecule has 6 heteroatoms. The summed E-state index contributed by atoms with van der Waals surface area (Å²) >= 11 is 1.49. The Morgan fingerprint density at radius 3 is 2.81 bits per heavy atom. The number of hydrogen-bond acceptors (Lipinski definition) is 4. The van der Waals surface area contributed by atoms with Crippen LogP contribution in [0.2, 0.25) is 0 Å². The second-order valence-corrected chi connectivity index (χ2v) is 7.97. The van der Waals surface area contributed by atoms with Crippen molar-refractivity contribution >= 4 is 17.2 Å². The average Bonchev–Trinajstić information content (AvgIpc) is 3.27. The second kappa shape index (κ2) is 7.03. The maximum Gasteiger partial charge on any atom is 0.266 e. The van der Waals surface area contributed by atoms with E-state index in [-0.39, 0.29) is 5.91 Å². The van der Waals surface area contributed by atoms with Crippen molar-refractivity contribution in [3.63, 3.8) is 0 Å². The molecule has 0 radical (unpaired) electrons. The van der Waals surface area contributed by atoms with Gasteiger partial charge in [0.05, 0.1) is 10.7 Å². The molecule has 1 fully saturated rings. The van der Waals surface area contributed by atoms with Gasteiger partial charge in [0, 0.05) is 44.0 Å². The van der Waals surface area contributed by atoms with Crippen LogP contribution in [0.3, 0.4) is 0 Å². The Kier molecular flexibility index (Phi) is 4.59. The van der Waals surface area contributed by atoms with Gasteiger partial charge in [0.25, 0.3) is 5.91 Å². The van der Waals surface area contributed by atoms with Crippen LogP contribution in [0.15, 0.2) is 42.7 Å². The lowest BCUT2D eigenvalue weighted by molar-refractivity contribution is 0.0709. The van der Waals surface area contributed by atoms with Gasteiger partial charge in [-0.25, -0.2) is 9.97 Å². The topological polar surface area (TPSA) is 51.0 Å². The molecule has 0 N–H and O–H groups in total. The monoisotopic (exact) mass is 366 g/mol. The van der Waals surface area contributed by atoms with Crippen LogP contribution in [0.5, 0.6) is 0 Å². The Morgan fingerprint density at radius 2 is 2.08 bits per heavy atom. The van der Waals surface area contributed by atoms with Gasteiger partial charge in [-0.1, -0.05) is 30.3 Å². The predicted octanol–water partition coefficient (Wildman–Crippen LogP) is 3.87. The first-order valence-electron chi connectivity index (χ1n) is 8.93. The van der Waals surface area contributed by atoms with E-state index in [0.717, 1.165) is 52.9 Å². The maximum atomic E-state index is 13.3. The Labute approximate surface area is 157 Å². The highest BCUT2D eigenvalue weighted by atomic mass is 32.1. The molecule has 5 nitrogen and oxygen atoms in total. The summed E-state index contributed by atoms with van der Waals surface area (Å²) in [6, 6.07) is 9.97. The lowest BCUT2D eigenvalue weighted by atomic mass is 9.97. The molecule has 3 aromatic rings. The number of aryl methyl sites for hydroxylation is 2. The fourth-order valence-electron chi connectivity index (χ4n) is 3.65. The van der Waals surface area contributed by atoms with Crippen molar-refractivity contribution in [2.75, 3.05) is 13.1 Å². The Hall–Kier alpha value is -2.47. The predicted molar refractivity (Wildman–Crippen MR) is 103 cm³/mol. The summed E-state index contributed by atoms with van der Waals surface area (Å²) in [6.45, 7) is 3.47. The molecular formula is C20H22N4OS. The van der Waals surface area contributed by atoms with E-state index in [9.17, 15) is 4.79 Å². The summed E-state index contributed by atoms with van der Waals surface area (Å²) in [7, 11) is 2.02. The molecule has 0 spiro atoms. The minimum atomic E-state index is 0.0911. The van der Waals surface area contributed by atoms with E-state index in [0.29, 0.717) is 5.92 Å². The quantitative estimate of drug-likeness (QED) is 0.707. The third-order valence-electron chi connectivity index (χ3n) is 4.91. The summed E-state index contributed by atoms with van der Waals surface area (Å²) < 4.78 is 2.06. The van der Waals surface area contributed by atoms with Gasteiger partial charge in [0.1, 0.15) is 10.7 Å². The fourth-order valence-corrected chi connectivity index (χ4v) is 4.56. The van der Waals surface area contributed by atoms with Crippen molar-refractivity contribution in [3.05, 3.63) is 58.4 Å². The molecular weight excluding hydrogens is 344 g/mol. The van der Waals surface area contributed by atoms with Crippen LogP contribution in [-0.4, -0.2) is 38.4 Å². The summed E-state index contributed by atoms with van der Waals surface area (Å²) in [4.78, 5) is 25.1. The fraction of sp³-hybridized carbons (Fsp3) is 0.350. The van der Waals surface area contributed by atoms with Crippen molar-refractivity contribution in [2.24, 2.45) is 7.05 Å². The highest BCUT2D eigenvalue weighted by Gasteiger charge is 2.30. The molecule has 0 bridgehead atoms. The zero-order valence-electron chi connectivity index (χ0n) is 15.1. The molecule has 1 aromatic carbocycles. The number of nitrogens with zero attached hydrogens (tertiary/aromatic N) is 4. The molecule has 1 aliphatic rings. The molecule has 134 valence electrons. The van der Waals surface area contributed by atoms with E-state index >= 15 is 0 Å². The van der Waals surface area contributed by atoms with Gasteiger partial charge in [-0.15, -0.1) is 11.3 Å². The van der Waals surface area contributed by atoms with E-state index < -0.39 is 0 Å². The molecule has 1 saturated heterocycles. The average molecular weight is 366 g/mol. The van der Waals surface area contributed by atoms with Crippen LogP contribution < -0.4 is 0 Å². The number of benzene rings is 1. The molecule has 0 saturated carbocycles. The number of carbonyl (C=O) groups excluding carboxylic acids is 1. The number of piperidine rings is 1. The molecule has 1 amide bonds. The number of likely N-dealkylation sites (tertiary alicyclic amines) is 1. The standard InChI is InChI=1S/C20H22N4OS/c1-14-22-17(15-7-4-3-5-8-15)18(26-14)20(25)24-11-6-9-16(13-24)19-21-10-12-23(19)2/h3-5,7-8,10,12,16H,6,9,11,13H2,1-2H3/t16-/m0/s1. The van der Waals surface area contributed by atoms with Crippen LogP contribution in [-0.2, 0) is 7.05 Å². The summed E-state index contributed by atoms with van der Waals surface area (Å²) in [5.41, 5.74) is 1.80. The highest BCUT2D eigenvalue weighted by molar-refractivity contribution is 7.14. The summed E-state index contributed by atoms with van der Waals surface area (Å²) in [6.07, 6.45) is 5.87. The van der Waals surface area contributed by atoms with Gasteiger partial charge < -0.3 is 9.47 Å². The molecule has 4 rings (SSSR count). The smallest absolute Gasteiger partial charge is 0.266 e. The van der Waals surface area contributed by atoms with Gasteiger partial charge >= 0.3 is 0 Å². The van der Waals surface area contributed by atoms with Crippen molar-refractivity contribution < 1.29 is 4.79 Å². The van der Waals surface area contributed by atoms with Crippen LogP contribution in [0.4, 0.5) is 0 Å². The molecule has 1 aliphatic heterocycles. The van der Waals surface area contributed by atoms with Crippen LogP contribution >= 0.6 is 11.3 Å². The summed E-state index contributed by atoms with van der Waals surface area (Å²) in [5.74, 6) is 1.45. The number of rotatable bonds is 3. The first-order valence-corrected chi connectivity index (χ1v) is 9.74. The Bertz CT molecular complexity index is 915. The van der Waals surface area contributed by atoms with Gasteiger partial charge in [0.2, 0.25) is 0 Å². The number of thiazole rings is 1. The lowest BCUT2D eigenvalue weighted by Crippen LogP contribution is -2.39. The Balaban J connectivity index is 1.61. The first-order chi connectivity index (χ1) is 12.6. The number of carbonyl (C=O) groups is 1. The van der Waals surface area contributed by atoms with E-state index in [1.54, 1.807) is 0 Å². The molecule has 0 unspecified atom stereocenters. The van der Waals surface area contributed by atoms with Gasteiger partial charge in [-0.2, -0.15) is 0 Å². The van der Waals surface area contributed by atoms with E-state index in [1.807, 2.05) is 61.6 Å². The SMILES string of the molecule is Cc1nc(-c2ccccc2)c(C(=O)N2CCC[C@H](c3nccn3C)C2)s1. The second-order valence-electron chi connectivity index (χ2n) is 6.76. The van der Waals surface area contributed by atoms with Crippen LogP contribution in [0.1, 0.15) is 39.3 Å². The van der Waals surface area contributed by atoms with Crippen molar-refractivity contribution in [2.45, 2.75) is 25.7 Å². The van der Waals surface area contributed by atoms with Crippen molar-refractivity contribution in [3.8, 4) is 11.3 Å². The van der Waals surface area contributed by atoms with E-state index in [1.165, 1.54) is 11.3 Å². The highest BCUT2D eigenvalue weighted by Crippen LogP contribution is 2.32. The third-order valence-corrected chi connectivity index (χ3v) is 5.87. The first kappa shape index (κ1) is 17.0. The minimum Gasteiger partial charge on any atom is -0.338 e. The number of aromatic nitrogens is 3. The molecule has 3 heterocycles. The molecule has 2 aromatic heterocycles. The van der Waals surface area contributed by atoms with E-state index in [4.69, 9.17) is 0 Å². The maximum absolute atomic E-state index is 13.3. The zero-order valence-corrected chi connectivity index (χ0v) is 15.9. The third kappa shape index (κ3) is 3.17. The van der Waals surface area contributed by atoms with Gasteiger partial charge in [0.15, 0.2) is 0 Å². The number of hydrogen-bond donors (Lipinski definition) is 0. The zero-order chi connectivity index (χ0) is 18.1. The lowest BCUT2D eigenvalue weighted by Gasteiger charge is -2.32. The minimum absolute atomic E-state index is 0.0911. The number of amides is 1. The summed E-state index contributed by atoms with van der Waals surface area (Å²) in [5, 5.41) is 0.921. The van der Waals surface area contributed by atoms with Gasteiger partial charge in [-0.3, -0.25) is 4.79 Å². The largest absolute Gasteiger partial charge is 0.338 e. The molecule has 0 aliphatic carbocycles. The Morgan fingerprint density at radius 1 is 1.27 bits per heavy atom. The molecule has 1 atom stereocenters. The normalized spacial score (nSPS) is 17.5. The van der Waals surface area contributed by atoms with E-state index in [2.05, 4.69) is 14.5 Å². The van der Waals surface area contributed by atoms with Crippen molar-refractivity contribution in [1.29, 1.82) is 0 Å². The molecule has 26 heavy (non-hydrogen) atoms. The van der Waals surface area contributed by atoms with Crippen LogP contribution in [0.25, 0.3) is 11.3 Å². The van der Waals surface area contributed by atoms with Gasteiger partial charge in [-0.05, 0) is 19.8 Å². The van der Waals surface area contributed by atoms with Crippen LogP contribution in [0, 0.1) is 6.92 Å². The van der Waals surface area contributed by atoms with Crippen molar-refractivity contribution in [1.82, 2.24) is 19.4 Å².